The van der Waals surface area contributed by atoms with Crippen LogP contribution < -0.4 is 4.74 Å². The number of ether oxygens (including phenoxy) is 1. The van der Waals surface area contributed by atoms with Gasteiger partial charge in [0, 0.05) is 12.4 Å². The van der Waals surface area contributed by atoms with E-state index in [1.165, 1.54) is 0 Å². The molecular formula is C11H15NO2. The molecule has 0 unspecified atom stereocenters. The maximum Gasteiger partial charge on any atom is 0.122 e. The molecule has 0 amide bonds. The van der Waals surface area contributed by atoms with Crippen molar-refractivity contribution in [1.29, 1.82) is 0 Å². The topological polar surface area (TPSA) is 42.4 Å². The van der Waals surface area contributed by atoms with Crippen molar-refractivity contribution in [2.75, 3.05) is 0 Å². The summed E-state index contributed by atoms with van der Waals surface area (Å²) in [5, 5.41) is 9.33. The zero-order valence-electron chi connectivity index (χ0n) is 8.10. The van der Waals surface area contributed by atoms with Crippen molar-refractivity contribution in [3.63, 3.8) is 0 Å². The zero-order valence-corrected chi connectivity index (χ0v) is 8.10. The van der Waals surface area contributed by atoms with E-state index in [1.54, 1.807) is 12.4 Å². The van der Waals surface area contributed by atoms with E-state index in [-0.39, 0.29) is 12.2 Å². The maximum atomic E-state index is 9.33. The minimum atomic E-state index is -0.118. The fourth-order valence-corrected chi connectivity index (χ4v) is 1.77. The summed E-state index contributed by atoms with van der Waals surface area (Å²) < 4.78 is 5.75. The molecule has 1 N–H and O–H groups in total. The maximum absolute atomic E-state index is 9.33. The Hall–Kier alpha value is -1.09. The van der Waals surface area contributed by atoms with Gasteiger partial charge in [0.15, 0.2) is 0 Å². The summed E-state index contributed by atoms with van der Waals surface area (Å²) in [6, 6.07) is 3.73. The number of hydrogen-bond acceptors (Lipinski definition) is 3. The summed E-state index contributed by atoms with van der Waals surface area (Å²) in [6.45, 7) is 0. The molecule has 1 aliphatic rings. The summed E-state index contributed by atoms with van der Waals surface area (Å²) in [5.41, 5.74) is 0. The van der Waals surface area contributed by atoms with Gasteiger partial charge in [-0.2, -0.15) is 0 Å². The minimum Gasteiger partial charge on any atom is -0.490 e. The summed E-state index contributed by atoms with van der Waals surface area (Å²) in [6.07, 6.45) is 7.21. The van der Waals surface area contributed by atoms with Crippen molar-refractivity contribution in [2.24, 2.45) is 0 Å². The molecule has 3 nitrogen and oxygen atoms in total. The van der Waals surface area contributed by atoms with Gasteiger partial charge in [0.05, 0.1) is 12.2 Å². The van der Waals surface area contributed by atoms with E-state index in [1.807, 2.05) is 12.1 Å². The Labute approximate surface area is 83.7 Å². The molecule has 0 radical (unpaired) electrons. The molecule has 76 valence electrons. The van der Waals surface area contributed by atoms with Crippen LogP contribution in [0.25, 0.3) is 0 Å². The standard InChI is InChI=1S/C11H15NO2/c13-9-1-3-10(4-2-9)14-11-5-7-12-8-6-11/h5-10,13H,1-4H2/t9-,10-. The van der Waals surface area contributed by atoms with Gasteiger partial charge in [-0.25, -0.2) is 0 Å². The number of pyridine rings is 1. The predicted octanol–water partition coefficient (Wildman–Crippen LogP) is 1.76. The van der Waals surface area contributed by atoms with Crippen molar-refractivity contribution in [2.45, 2.75) is 37.9 Å². The molecule has 0 aliphatic heterocycles. The molecule has 2 rings (SSSR count). The highest BCUT2D eigenvalue weighted by Crippen LogP contribution is 2.23. The molecule has 1 heterocycles. The average Bonchev–Trinajstić information content (AvgIpc) is 2.23. The number of rotatable bonds is 2. The van der Waals surface area contributed by atoms with Crippen LogP contribution in [-0.2, 0) is 0 Å². The Morgan fingerprint density at radius 3 is 2.43 bits per heavy atom. The van der Waals surface area contributed by atoms with Gasteiger partial charge in [0.25, 0.3) is 0 Å². The molecule has 14 heavy (non-hydrogen) atoms. The first-order valence-electron chi connectivity index (χ1n) is 5.09. The lowest BCUT2D eigenvalue weighted by molar-refractivity contribution is 0.0665. The first kappa shape index (κ1) is 9.46. The fourth-order valence-electron chi connectivity index (χ4n) is 1.77. The van der Waals surface area contributed by atoms with Crippen LogP contribution >= 0.6 is 0 Å². The second-order valence-electron chi connectivity index (χ2n) is 3.73. The molecular weight excluding hydrogens is 178 g/mol. The molecule has 1 aromatic heterocycles. The summed E-state index contributed by atoms with van der Waals surface area (Å²) in [4.78, 5) is 3.93. The number of nitrogens with zero attached hydrogens (tertiary/aromatic N) is 1. The van der Waals surface area contributed by atoms with E-state index in [4.69, 9.17) is 4.74 Å². The quantitative estimate of drug-likeness (QED) is 0.778. The predicted molar refractivity (Wildman–Crippen MR) is 53.1 cm³/mol. The van der Waals surface area contributed by atoms with Gasteiger partial charge in [0.2, 0.25) is 0 Å². The second-order valence-corrected chi connectivity index (χ2v) is 3.73. The Kier molecular flexibility index (Phi) is 2.99. The van der Waals surface area contributed by atoms with Gasteiger partial charge < -0.3 is 9.84 Å². The van der Waals surface area contributed by atoms with Crippen molar-refractivity contribution >= 4 is 0 Å². The van der Waals surface area contributed by atoms with E-state index in [0.29, 0.717) is 0 Å². The van der Waals surface area contributed by atoms with Crippen LogP contribution in [0.4, 0.5) is 0 Å². The highest BCUT2D eigenvalue weighted by atomic mass is 16.5. The molecule has 1 fully saturated rings. The van der Waals surface area contributed by atoms with E-state index < -0.39 is 0 Å². The smallest absolute Gasteiger partial charge is 0.122 e. The van der Waals surface area contributed by atoms with Gasteiger partial charge in [-0.15, -0.1) is 0 Å². The second kappa shape index (κ2) is 4.42. The third-order valence-corrected chi connectivity index (χ3v) is 2.60. The van der Waals surface area contributed by atoms with Gasteiger partial charge in [0.1, 0.15) is 5.75 Å². The SMILES string of the molecule is O[C@H]1CC[C@H](Oc2ccncc2)CC1. The first-order valence-corrected chi connectivity index (χ1v) is 5.09. The average molecular weight is 193 g/mol. The summed E-state index contributed by atoms with van der Waals surface area (Å²) >= 11 is 0. The van der Waals surface area contributed by atoms with Crippen molar-refractivity contribution in [3.05, 3.63) is 24.5 Å². The van der Waals surface area contributed by atoms with Crippen LogP contribution in [0, 0.1) is 0 Å². The van der Waals surface area contributed by atoms with Crippen molar-refractivity contribution in [3.8, 4) is 5.75 Å². The third kappa shape index (κ3) is 2.45. The van der Waals surface area contributed by atoms with E-state index >= 15 is 0 Å². The van der Waals surface area contributed by atoms with Gasteiger partial charge in [-0.05, 0) is 37.8 Å². The van der Waals surface area contributed by atoms with E-state index in [9.17, 15) is 5.11 Å². The van der Waals surface area contributed by atoms with Crippen LogP contribution in [-0.4, -0.2) is 22.3 Å². The van der Waals surface area contributed by atoms with E-state index in [2.05, 4.69) is 4.98 Å². The number of aliphatic hydroxyl groups is 1. The lowest BCUT2D eigenvalue weighted by Gasteiger charge is -2.26. The third-order valence-electron chi connectivity index (χ3n) is 2.60. The molecule has 0 atom stereocenters. The number of aromatic nitrogens is 1. The van der Waals surface area contributed by atoms with Gasteiger partial charge in [-0.3, -0.25) is 4.98 Å². The van der Waals surface area contributed by atoms with Crippen molar-refractivity contribution < 1.29 is 9.84 Å². The number of aliphatic hydroxyl groups excluding tert-OH is 1. The van der Waals surface area contributed by atoms with Crippen LogP contribution in [0.15, 0.2) is 24.5 Å². The molecule has 0 spiro atoms. The minimum absolute atomic E-state index is 0.118. The molecule has 1 aliphatic carbocycles. The number of hydrogen-bond donors (Lipinski definition) is 1. The molecule has 1 saturated carbocycles. The Balaban J connectivity index is 1.87. The molecule has 3 heteroatoms. The monoisotopic (exact) mass is 193 g/mol. The van der Waals surface area contributed by atoms with Gasteiger partial charge in [-0.1, -0.05) is 0 Å². The zero-order chi connectivity index (χ0) is 9.80. The van der Waals surface area contributed by atoms with Crippen LogP contribution in [0.2, 0.25) is 0 Å². The highest BCUT2D eigenvalue weighted by molar-refractivity contribution is 5.17. The molecule has 0 saturated heterocycles. The molecule has 0 bridgehead atoms. The Bertz CT molecular complexity index is 268. The molecule has 0 aromatic carbocycles. The van der Waals surface area contributed by atoms with Crippen molar-refractivity contribution in [1.82, 2.24) is 4.98 Å². The Morgan fingerprint density at radius 2 is 1.79 bits per heavy atom. The Morgan fingerprint density at radius 1 is 1.14 bits per heavy atom. The lowest BCUT2D eigenvalue weighted by atomic mass is 9.95. The first-order chi connectivity index (χ1) is 6.84. The molecule has 1 aromatic rings. The largest absolute Gasteiger partial charge is 0.490 e. The fraction of sp³-hybridized carbons (Fsp3) is 0.545. The van der Waals surface area contributed by atoms with Crippen LogP contribution in [0.5, 0.6) is 5.75 Å². The lowest BCUT2D eigenvalue weighted by Crippen LogP contribution is -2.26. The summed E-state index contributed by atoms with van der Waals surface area (Å²) in [7, 11) is 0. The normalized spacial score (nSPS) is 27.2. The van der Waals surface area contributed by atoms with Crippen LogP contribution in [0.3, 0.4) is 0 Å². The van der Waals surface area contributed by atoms with Crippen LogP contribution in [0.1, 0.15) is 25.7 Å². The summed E-state index contributed by atoms with van der Waals surface area (Å²) in [5.74, 6) is 0.876. The van der Waals surface area contributed by atoms with E-state index in [0.717, 1.165) is 31.4 Å². The highest BCUT2D eigenvalue weighted by Gasteiger charge is 2.20. The van der Waals surface area contributed by atoms with Gasteiger partial charge >= 0.3 is 0 Å².